The maximum Gasteiger partial charge on any atom is 0.335 e. The van der Waals surface area contributed by atoms with E-state index in [1.54, 1.807) is 27.7 Å². The summed E-state index contributed by atoms with van der Waals surface area (Å²) < 4.78 is 59.6. The fourth-order valence-corrected chi connectivity index (χ4v) is 5.57. The van der Waals surface area contributed by atoms with Crippen LogP contribution in [-0.4, -0.2) is 57.0 Å². The van der Waals surface area contributed by atoms with Gasteiger partial charge in [-0.1, -0.05) is 12.1 Å². The number of rotatable bonds is 10. The number of amides is 2. The minimum absolute atomic E-state index is 0.0596. The van der Waals surface area contributed by atoms with Crippen molar-refractivity contribution in [3.05, 3.63) is 116 Å². The number of aromatic nitrogens is 3. The summed E-state index contributed by atoms with van der Waals surface area (Å²) in [7, 11) is -3.09. The molecule has 0 aliphatic carbocycles. The molecule has 4 aromatic rings. The molecule has 4 N–H and O–H groups in total. The molecule has 2 heterocycles. The van der Waals surface area contributed by atoms with Gasteiger partial charge in [0.2, 0.25) is 0 Å². The van der Waals surface area contributed by atoms with Crippen molar-refractivity contribution in [1.29, 1.82) is 0 Å². The van der Waals surface area contributed by atoms with Crippen molar-refractivity contribution >= 4 is 33.5 Å². The van der Waals surface area contributed by atoms with Gasteiger partial charge in [0.05, 0.1) is 22.5 Å². The Morgan fingerprint density at radius 2 is 1.63 bits per heavy atom. The van der Waals surface area contributed by atoms with Crippen LogP contribution in [-0.2, 0) is 28.3 Å². The number of sulfonamides is 1. The van der Waals surface area contributed by atoms with Crippen molar-refractivity contribution < 1.29 is 36.7 Å². The molecule has 4 rings (SSSR count). The molecule has 0 bridgehead atoms. The Balaban J connectivity index is 1.48. The van der Waals surface area contributed by atoms with E-state index in [2.05, 4.69) is 15.6 Å². The van der Waals surface area contributed by atoms with Crippen LogP contribution < -0.4 is 26.6 Å². The predicted octanol–water partition coefficient (Wildman–Crippen LogP) is 2.27. The van der Waals surface area contributed by atoms with Gasteiger partial charge in [0.25, 0.3) is 27.4 Å². The first kappa shape index (κ1) is 36.1. The number of halogens is 2. The molecule has 0 saturated heterocycles. The second-order valence-electron chi connectivity index (χ2n) is 12.1. The molecular weight excluding hydrogens is 666 g/mol. The quantitative estimate of drug-likeness (QED) is 0.192. The average molecular weight is 699 g/mol. The molecule has 0 radical (unpaired) electrons. The number of nitrogens with zero attached hydrogens (tertiary/aromatic N) is 3. The average Bonchev–Trinajstić information content (AvgIpc) is 3.01. The molecule has 49 heavy (non-hydrogen) atoms. The van der Waals surface area contributed by atoms with Crippen molar-refractivity contribution in [1.82, 2.24) is 24.8 Å². The molecule has 0 unspecified atom stereocenters. The summed E-state index contributed by atoms with van der Waals surface area (Å²) in [6, 6.07) is 7.11. The number of carboxylic acids is 1. The molecule has 0 aliphatic heterocycles. The Labute approximate surface area is 278 Å². The first-order valence-electron chi connectivity index (χ1n) is 14.5. The molecule has 17 heteroatoms. The van der Waals surface area contributed by atoms with Gasteiger partial charge in [-0.15, -0.1) is 0 Å². The number of carbonyl (C=O) groups is 3. The molecule has 258 valence electrons. The van der Waals surface area contributed by atoms with Crippen LogP contribution in [0.4, 0.5) is 14.5 Å². The van der Waals surface area contributed by atoms with Gasteiger partial charge in [-0.25, -0.2) is 27.9 Å². The molecule has 2 amide bonds. The summed E-state index contributed by atoms with van der Waals surface area (Å²) in [6.07, 6.45) is 2.08. The highest BCUT2D eigenvalue weighted by Gasteiger charge is 2.26. The standard InChI is InChI=1S/C32H32F2N6O8S/c1-17-16-39(5)31(46)40(29(17)43)20-9-6-18(7-10-20)12-25(30(44)45)36-28(42)21-13-23(34)24(14-22(21)33)38-49(47,48)26-11-8-19(15-35-26)27(41)37-32(2,3)4/h6-11,13-16,25,38H,12H2,1-5H3,(H,36,42)(H,37,41)(H,44,45)/t25-/m0/s1. The van der Waals surface area contributed by atoms with Crippen LogP contribution in [0.15, 0.2) is 75.5 Å². The molecule has 2 aromatic heterocycles. The first-order valence-corrected chi connectivity index (χ1v) is 16.0. The van der Waals surface area contributed by atoms with Crippen molar-refractivity contribution in [2.45, 2.75) is 50.7 Å². The number of hydrogen-bond acceptors (Lipinski definition) is 8. The van der Waals surface area contributed by atoms with Crippen LogP contribution in [0.5, 0.6) is 0 Å². The lowest BCUT2D eigenvalue weighted by molar-refractivity contribution is -0.139. The van der Waals surface area contributed by atoms with Crippen LogP contribution in [0.25, 0.3) is 5.69 Å². The fourth-order valence-electron chi connectivity index (χ4n) is 4.58. The number of anilines is 1. The van der Waals surface area contributed by atoms with E-state index in [-0.39, 0.29) is 17.7 Å². The smallest absolute Gasteiger partial charge is 0.335 e. The summed E-state index contributed by atoms with van der Waals surface area (Å²) in [5.41, 5.74) is -2.49. The third kappa shape index (κ3) is 8.42. The molecular formula is C32H32F2N6O8S. The number of carbonyl (C=O) groups excluding carboxylic acids is 2. The number of hydrogen-bond donors (Lipinski definition) is 4. The van der Waals surface area contributed by atoms with Crippen molar-refractivity contribution in [3.63, 3.8) is 0 Å². The van der Waals surface area contributed by atoms with E-state index in [4.69, 9.17) is 0 Å². The van der Waals surface area contributed by atoms with E-state index >= 15 is 4.39 Å². The summed E-state index contributed by atoms with van der Waals surface area (Å²) in [6.45, 7) is 6.79. The Kier molecular flexibility index (Phi) is 10.2. The Morgan fingerprint density at radius 3 is 2.20 bits per heavy atom. The minimum atomic E-state index is -4.57. The van der Waals surface area contributed by atoms with Crippen LogP contribution in [0.1, 0.15) is 52.6 Å². The van der Waals surface area contributed by atoms with Crippen LogP contribution >= 0.6 is 0 Å². The van der Waals surface area contributed by atoms with Gasteiger partial charge in [0.15, 0.2) is 5.03 Å². The van der Waals surface area contributed by atoms with Gasteiger partial charge in [0.1, 0.15) is 17.7 Å². The fraction of sp³-hybridized carbons (Fsp3) is 0.250. The van der Waals surface area contributed by atoms with Crippen LogP contribution in [0, 0.1) is 18.6 Å². The number of nitrogens with one attached hydrogen (secondary N) is 3. The largest absolute Gasteiger partial charge is 0.480 e. The van der Waals surface area contributed by atoms with E-state index in [1.807, 2.05) is 4.72 Å². The molecule has 0 aliphatic rings. The maximum absolute atomic E-state index is 15.0. The van der Waals surface area contributed by atoms with Gasteiger partial charge in [-0.2, -0.15) is 8.42 Å². The van der Waals surface area contributed by atoms with Gasteiger partial charge >= 0.3 is 11.7 Å². The lowest BCUT2D eigenvalue weighted by atomic mass is 10.0. The third-order valence-corrected chi connectivity index (χ3v) is 8.25. The van der Waals surface area contributed by atoms with Crippen LogP contribution in [0.3, 0.4) is 0 Å². The number of aliphatic carboxylic acids is 1. The number of aryl methyl sites for hydroxylation is 2. The Hall–Kier alpha value is -5.71. The minimum Gasteiger partial charge on any atom is -0.480 e. The summed E-state index contributed by atoms with van der Waals surface area (Å²) in [4.78, 5) is 65.9. The second-order valence-corrected chi connectivity index (χ2v) is 13.7. The van der Waals surface area contributed by atoms with Gasteiger partial charge < -0.3 is 20.3 Å². The molecule has 1 atom stereocenters. The van der Waals surface area contributed by atoms with Gasteiger partial charge in [0, 0.05) is 43.0 Å². The monoisotopic (exact) mass is 698 g/mol. The second kappa shape index (κ2) is 13.8. The van der Waals surface area contributed by atoms with Gasteiger partial charge in [-0.05, 0) is 63.6 Å². The normalized spacial score (nSPS) is 12.2. The van der Waals surface area contributed by atoms with Crippen molar-refractivity contribution in [3.8, 4) is 5.69 Å². The molecule has 14 nitrogen and oxygen atoms in total. The number of carboxylic acid groups (broad SMARTS) is 1. The Bertz CT molecular complexity index is 2140. The highest BCUT2D eigenvalue weighted by molar-refractivity contribution is 7.92. The summed E-state index contributed by atoms with van der Waals surface area (Å²) >= 11 is 0. The van der Waals surface area contributed by atoms with E-state index < -0.39 is 78.5 Å². The summed E-state index contributed by atoms with van der Waals surface area (Å²) in [5.74, 6) is -6.02. The first-order chi connectivity index (χ1) is 22.8. The zero-order valence-electron chi connectivity index (χ0n) is 26.9. The van der Waals surface area contributed by atoms with E-state index in [0.717, 1.165) is 16.8 Å². The topological polar surface area (TPSA) is 199 Å². The van der Waals surface area contributed by atoms with Crippen molar-refractivity contribution in [2.75, 3.05) is 4.72 Å². The molecule has 0 saturated carbocycles. The number of pyridine rings is 1. The predicted molar refractivity (Wildman–Crippen MR) is 173 cm³/mol. The number of benzene rings is 2. The van der Waals surface area contributed by atoms with Crippen LogP contribution in [0.2, 0.25) is 0 Å². The van der Waals surface area contributed by atoms with Crippen molar-refractivity contribution in [2.24, 2.45) is 7.05 Å². The zero-order valence-corrected chi connectivity index (χ0v) is 27.7. The van der Waals surface area contributed by atoms with E-state index in [0.29, 0.717) is 23.3 Å². The maximum atomic E-state index is 15.0. The zero-order chi connectivity index (χ0) is 36.4. The third-order valence-electron chi connectivity index (χ3n) is 6.97. The van der Waals surface area contributed by atoms with Gasteiger partial charge in [-0.3, -0.25) is 19.1 Å². The Morgan fingerprint density at radius 1 is 0.980 bits per heavy atom. The lowest BCUT2D eigenvalue weighted by Crippen LogP contribution is -2.42. The molecule has 0 spiro atoms. The SMILES string of the molecule is Cc1cn(C)c(=O)n(-c2ccc(C[C@H](NC(=O)c3cc(F)c(NS(=O)(=O)c4ccc(C(=O)NC(C)(C)C)cn4)cc3F)C(=O)O)cc2)c1=O. The lowest BCUT2D eigenvalue weighted by Gasteiger charge is -2.20. The molecule has 2 aromatic carbocycles. The highest BCUT2D eigenvalue weighted by atomic mass is 32.2. The molecule has 0 fully saturated rings. The van der Waals surface area contributed by atoms with E-state index in [1.165, 1.54) is 48.1 Å². The highest BCUT2D eigenvalue weighted by Crippen LogP contribution is 2.23. The summed E-state index contributed by atoms with van der Waals surface area (Å²) in [5, 5.41) is 13.9. The van der Waals surface area contributed by atoms with E-state index in [9.17, 15) is 41.9 Å².